The van der Waals surface area contributed by atoms with Crippen molar-refractivity contribution >= 4 is 12.2 Å². The van der Waals surface area contributed by atoms with Crippen LogP contribution in [0.1, 0.15) is 65.2 Å². The lowest BCUT2D eigenvalue weighted by atomic mass is 9.45. The summed E-state index contributed by atoms with van der Waals surface area (Å²) < 4.78 is 0. The minimum absolute atomic E-state index is 0.0230. The number of ketones is 1. The second-order valence-electron chi connectivity index (χ2n) is 9.51. The molecule has 2 N–H and O–H groups in total. The van der Waals surface area contributed by atoms with Crippen LogP contribution >= 0.6 is 0 Å². The first-order chi connectivity index (χ1) is 11.4. The molecule has 0 radical (unpaired) electrons. The van der Waals surface area contributed by atoms with Crippen molar-refractivity contribution in [2.75, 3.05) is 0 Å². The number of carbonyl (C=O) groups excluding carboxylic acids is 2. The van der Waals surface area contributed by atoms with Gasteiger partial charge in [0.25, 0.3) is 0 Å². The second kappa shape index (κ2) is 5.55. The van der Waals surface area contributed by atoms with E-state index in [4.69, 9.17) is 0 Å². The Bertz CT molecular complexity index is 543. The van der Waals surface area contributed by atoms with Crippen LogP contribution in [0.2, 0.25) is 0 Å². The Balaban J connectivity index is 1.62. The predicted molar refractivity (Wildman–Crippen MR) is 91.1 cm³/mol. The SMILES string of the molecule is C[C@]12CCC(=O)C[C@@H]1CC[C@@H]1[C@@H]2CC[C@]2(C)[C@H](NC=O)[C@@H](O)C[C@@H]12. The van der Waals surface area contributed by atoms with Crippen molar-refractivity contribution in [3.05, 3.63) is 0 Å². The third-order valence-electron chi connectivity index (χ3n) is 8.76. The molecule has 134 valence electrons. The molecule has 4 nitrogen and oxygen atoms in total. The molecule has 0 heterocycles. The highest BCUT2D eigenvalue weighted by Crippen LogP contribution is 2.65. The van der Waals surface area contributed by atoms with Crippen molar-refractivity contribution < 1.29 is 14.7 Å². The van der Waals surface area contributed by atoms with Crippen LogP contribution in [-0.4, -0.2) is 29.4 Å². The molecule has 24 heavy (non-hydrogen) atoms. The molecule has 0 aromatic heterocycles. The number of aliphatic hydroxyl groups is 1. The number of hydrogen-bond donors (Lipinski definition) is 2. The van der Waals surface area contributed by atoms with Crippen molar-refractivity contribution in [2.45, 2.75) is 77.4 Å². The quantitative estimate of drug-likeness (QED) is 0.764. The smallest absolute Gasteiger partial charge is 0.207 e. The first kappa shape index (κ1) is 16.6. The van der Waals surface area contributed by atoms with E-state index in [1.165, 1.54) is 12.8 Å². The van der Waals surface area contributed by atoms with Gasteiger partial charge in [-0.05, 0) is 73.0 Å². The fraction of sp³-hybridized carbons (Fsp3) is 0.900. The van der Waals surface area contributed by atoms with Crippen LogP contribution in [0.4, 0.5) is 0 Å². The van der Waals surface area contributed by atoms with Gasteiger partial charge in [-0.2, -0.15) is 0 Å². The van der Waals surface area contributed by atoms with E-state index >= 15 is 0 Å². The van der Waals surface area contributed by atoms with Gasteiger partial charge in [-0.15, -0.1) is 0 Å². The molecule has 4 saturated carbocycles. The van der Waals surface area contributed by atoms with Crippen LogP contribution in [0, 0.1) is 34.5 Å². The first-order valence-electron chi connectivity index (χ1n) is 9.79. The van der Waals surface area contributed by atoms with E-state index in [1.54, 1.807) is 0 Å². The average molecular weight is 333 g/mol. The van der Waals surface area contributed by atoms with E-state index in [9.17, 15) is 14.7 Å². The highest BCUT2D eigenvalue weighted by molar-refractivity contribution is 5.79. The highest BCUT2D eigenvalue weighted by Gasteiger charge is 2.62. The number of hydrogen-bond acceptors (Lipinski definition) is 3. The number of aliphatic hydroxyl groups excluding tert-OH is 1. The van der Waals surface area contributed by atoms with Gasteiger partial charge in [-0.3, -0.25) is 9.59 Å². The standard InChI is InChI=1S/C20H31NO3/c1-19-7-5-13(23)9-12(19)3-4-14-15(19)6-8-20(2)16(14)10-17(24)18(20)21-11-22/h11-12,14-18,24H,3-10H2,1-2H3,(H,21,22)/t12-,14+,15-,16-,17-,18+,19-,20-/m0/s1. The normalized spacial score (nSPS) is 53.7. The summed E-state index contributed by atoms with van der Waals surface area (Å²) in [5, 5.41) is 13.5. The van der Waals surface area contributed by atoms with Crippen LogP contribution in [0.15, 0.2) is 0 Å². The van der Waals surface area contributed by atoms with E-state index in [2.05, 4.69) is 19.2 Å². The van der Waals surface area contributed by atoms with E-state index < -0.39 is 6.10 Å². The van der Waals surface area contributed by atoms with E-state index in [-0.39, 0.29) is 11.5 Å². The van der Waals surface area contributed by atoms with Gasteiger partial charge >= 0.3 is 0 Å². The molecule has 4 fully saturated rings. The minimum Gasteiger partial charge on any atom is -0.391 e. The van der Waals surface area contributed by atoms with Gasteiger partial charge in [-0.1, -0.05) is 13.8 Å². The number of Topliss-reactive ketones (excluding diaryl/α,β-unsaturated/α-hetero) is 1. The zero-order valence-corrected chi connectivity index (χ0v) is 15.0. The minimum atomic E-state index is -0.414. The van der Waals surface area contributed by atoms with Crippen LogP contribution < -0.4 is 5.32 Å². The third kappa shape index (κ3) is 2.14. The summed E-state index contributed by atoms with van der Waals surface area (Å²) in [6.07, 6.45) is 8.40. The summed E-state index contributed by atoms with van der Waals surface area (Å²) in [6.45, 7) is 4.72. The van der Waals surface area contributed by atoms with Crippen molar-refractivity contribution in [2.24, 2.45) is 34.5 Å². The molecule has 4 rings (SSSR count). The van der Waals surface area contributed by atoms with Gasteiger partial charge in [0, 0.05) is 12.8 Å². The van der Waals surface area contributed by atoms with Gasteiger partial charge in [0.15, 0.2) is 0 Å². The Labute approximate surface area is 144 Å². The van der Waals surface area contributed by atoms with Crippen LogP contribution in [0.3, 0.4) is 0 Å². The van der Waals surface area contributed by atoms with E-state index in [0.717, 1.165) is 44.9 Å². The molecule has 4 aliphatic rings. The number of nitrogens with one attached hydrogen (secondary N) is 1. The maximum absolute atomic E-state index is 11.9. The maximum atomic E-state index is 11.9. The fourth-order valence-electron chi connectivity index (χ4n) is 7.43. The van der Waals surface area contributed by atoms with Crippen molar-refractivity contribution in [1.82, 2.24) is 5.32 Å². The monoisotopic (exact) mass is 333 g/mol. The van der Waals surface area contributed by atoms with Gasteiger partial charge in [0.1, 0.15) is 5.78 Å². The van der Waals surface area contributed by atoms with E-state index in [1.807, 2.05) is 0 Å². The summed E-state index contributed by atoms with van der Waals surface area (Å²) in [4.78, 5) is 23.0. The summed E-state index contributed by atoms with van der Waals surface area (Å²) in [7, 11) is 0. The maximum Gasteiger partial charge on any atom is 0.207 e. The van der Waals surface area contributed by atoms with Crippen molar-refractivity contribution in [1.29, 1.82) is 0 Å². The lowest BCUT2D eigenvalue weighted by Crippen LogP contribution is -2.56. The second-order valence-corrected chi connectivity index (χ2v) is 9.51. The van der Waals surface area contributed by atoms with Crippen LogP contribution in [0.5, 0.6) is 0 Å². The zero-order chi connectivity index (χ0) is 17.1. The zero-order valence-electron chi connectivity index (χ0n) is 15.0. The molecule has 0 aliphatic heterocycles. The molecular formula is C20H31NO3. The van der Waals surface area contributed by atoms with Gasteiger partial charge in [-0.25, -0.2) is 0 Å². The largest absolute Gasteiger partial charge is 0.391 e. The summed E-state index contributed by atoms with van der Waals surface area (Å²) in [5.74, 6) is 2.86. The number of carbonyl (C=O) groups is 2. The average Bonchev–Trinajstić information content (AvgIpc) is 2.80. The first-order valence-corrected chi connectivity index (χ1v) is 9.79. The summed E-state index contributed by atoms with van der Waals surface area (Å²) >= 11 is 0. The molecule has 8 atom stereocenters. The fourth-order valence-corrected chi connectivity index (χ4v) is 7.43. The summed E-state index contributed by atoms with van der Waals surface area (Å²) in [5.41, 5.74) is 0.328. The topological polar surface area (TPSA) is 66.4 Å². The predicted octanol–water partition coefficient (Wildman–Crippen LogP) is 2.68. The lowest BCUT2D eigenvalue weighted by Gasteiger charge is -2.60. The Morgan fingerprint density at radius 3 is 2.67 bits per heavy atom. The Morgan fingerprint density at radius 2 is 1.92 bits per heavy atom. The van der Waals surface area contributed by atoms with Crippen LogP contribution in [0.25, 0.3) is 0 Å². The third-order valence-corrected chi connectivity index (χ3v) is 8.76. The van der Waals surface area contributed by atoms with Gasteiger partial charge < -0.3 is 10.4 Å². The molecule has 0 saturated heterocycles. The molecule has 0 aromatic carbocycles. The summed E-state index contributed by atoms with van der Waals surface area (Å²) in [6, 6.07) is -0.0978. The van der Waals surface area contributed by atoms with Gasteiger partial charge in [0.05, 0.1) is 12.1 Å². The van der Waals surface area contributed by atoms with Crippen LogP contribution in [-0.2, 0) is 9.59 Å². The molecule has 0 aromatic rings. The lowest BCUT2D eigenvalue weighted by molar-refractivity contribution is -0.138. The molecule has 1 amide bonds. The molecule has 0 bridgehead atoms. The molecule has 4 aliphatic carbocycles. The Hall–Kier alpha value is -0.900. The number of fused-ring (bicyclic) bond motifs is 5. The molecule has 4 heteroatoms. The number of rotatable bonds is 2. The van der Waals surface area contributed by atoms with Gasteiger partial charge in [0.2, 0.25) is 6.41 Å². The van der Waals surface area contributed by atoms with E-state index in [0.29, 0.717) is 34.9 Å². The Morgan fingerprint density at radius 1 is 1.12 bits per heavy atom. The highest BCUT2D eigenvalue weighted by atomic mass is 16.3. The molecule has 0 spiro atoms. The van der Waals surface area contributed by atoms with Crippen molar-refractivity contribution in [3.8, 4) is 0 Å². The number of amides is 1. The van der Waals surface area contributed by atoms with Crippen molar-refractivity contribution in [3.63, 3.8) is 0 Å². The molecular weight excluding hydrogens is 302 g/mol. The molecule has 0 unspecified atom stereocenters. The Kier molecular flexibility index (Phi) is 3.83.